The van der Waals surface area contributed by atoms with E-state index in [2.05, 4.69) is 26.1 Å². The number of hydrogen-bond donors (Lipinski definition) is 1. The molecule has 0 fully saturated rings. The second-order valence-electron chi connectivity index (χ2n) is 5.28. The maximum Gasteiger partial charge on any atom is 0.341 e. The number of aromatic nitrogens is 2. The van der Waals surface area contributed by atoms with Crippen LogP contribution in [0, 0.1) is 11.6 Å². The zero-order chi connectivity index (χ0) is 18.7. The zero-order valence-electron chi connectivity index (χ0n) is 13.1. The lowest BCUT2D eigenvalue weighted by Crippen LogP contribution is -2.11. The molecule has 0 saturated carbocycles. The standard InChI is InChI=1S/C17H11BrF2N2O4/c18-13-1-2-14(25-7-15(23)24)16(17-21-8-22-26-17)12(13)5-9-3-10(19)6-11(20)4-9/h1-4,6,8H,5,7H2,(H,23,24). The van der Waals surface area contributed by atoms with Gasteiger partial charge in [-0.25, -0.2) is 13.6 Å². The maximum atomic E-state index is 13.5. The second kappa shape index (κ2) is 7.61. The average molecular weight is 425 g/mol. The number of rotatable bonds is 6. The Labute approximate surface area is 154 Å². The van der Waals surface area contributed by atoms with Gasteiger partial charge in [0.2, 0.25) is 0 Å². The van der Waals surface area contributed by atoms with E-state index >= 15 is 0 Å². The van der Waals surface area contributed by atoms with Crippen LogP contribution in [0.25, 0.3) is 11.5 Å². The highest BCUT2D eigenvalue weighted by atomic mass is 79.9. The highest BCUT2D eigenvalue weighted by Gasteiger charge is 2.21. The van der Waals surface area contributed by atoms with E-state index < -0.39 is 24.2 Å². The van der Waals surface area contributed by atoms with Crippen LogP contribution in [-0.4, -0.2) is 27.8 Å². The van der Waals surface area contributed by atoms with Crippen molar-refractivity contribution in [3.63, 3.8) is 0 Å². The van der Waals surface area contributed by atoms with Gasteiger partial charge in [0.25, 0.3) is 5.89 Å². The van der Waals surface area contributed by atoms with Crippen LogP contribution in [0.2, 0.25) is 0 Å². The lowest BCUT2D eigenvalue weighted by molar-refractivity contribution is -0.139. The number of halogens is 3. The van der Waals surface area contributed by atoms with Crippen LogP contribution in [0.1, 0.15) is 11.1 Å². The average Bonchev–Trinajstić information content (AvgIpc) is 3.08. The fourth-order valence-corrected chi connectivity index (χ4v) is 2.94. The van der Waals surface area contributed by atoms with E-state index in [0.717, 1.165) is 6.07 Å². The van der Waals surface area contributed by atoms with E-state index in [1.807, 2.05) is 0 Å². The van der Waals surface area contributed by atoms with Gasteiger partial charge in [-0.3, -0.25) is 0 Å². The molecule has 0 bridgehead atoms. The number of carboxylic acid groups (broad SMARTS) is 1. The van der Waals surface area contributed by atoms with Crippen molar-refractivity contribution in [3.05, 3.63) is 63.9 Å². The number of ether oxygens (including phenoxy) is 1. The van der Waals surface area contributed by atoms with Crippen LogP contribution in [0.3, 0.4) is 0 Å². The van der Waals surface area contributed by atoms with E-state index in [4.69, 9.17) is 14.4 Å². The largest absolute Gasteiger partial charge is 0.481 e. The molecule has 0 aliphatic carbocycles. The van der Waals surface area contributed by atoms with E-state index in [0.29, 0.717) is 21.2 Å². The lowest BCUT2D eigenvalue weighted by Gasteiger charge is -2.14. The number of benzene rings is 2. The first-order valence-corrected chi connectivity index (χ1v) is 8.11. The second-order valence-corrected chi connectivity index (χ2v) is 6.14. The minimum Gasteiger partial charge on any atom is -0.481 e. The molecule has 0 amide bonds. The Balaban J connectivity index is 2.10. The van der Waals surface area contributed by atoms with Crippen LogP contribution in [-0.2, 0) is 11.2 Å². The van der Waals surface area contributed by atoms with Crippen LogP contribution >= 0.6 is 15.9 Å². The summed E-state index contributed by atoms with van der Waals surface area (Å²) in [5, 5.41) is 12.4. The molecule has 1 aromatic heterocycles. The third-order valence-electron chi connectivity index (χ3n) is 3.45. The first kappa shape index (κ1) is 18.0. The lowest BCUT2D eigenvalue weighted by atomic mass is 9.98. The molecule has 26 heavy (non-hydrogen) atoms. The molecule has 6 nitrogen and oxygen atoms in total. The van der Waals surface area contributed by atoms with Gasteiger partial charge in [-0.2, -0.15) is 4.98 Å². The molecule has 0 aliphatic rings. The monoisotopic (exact) mass is 424 g/mol. The Hall–Kier alpha value is -2.81. The topological polar surface area (TPSA) is 85.5 Å². The van der Waals surface area contributed by atoms with Gasteiger partial charge >= 0.3 is 5.97 Å². The van der Waals surface area contributed by atoms with E-state index in [-0.39, 0.29) is 18.1 Å². The van der Waals surface area contributed by atoms with E-state index in [1.165, 1.54) is 18.5 Å². The van der Waals surface area contributed by atoms with Crippen LogP contribution in [0.5, 0.6) is 5.75 Å². The quantitative estimate of drug-likeness (QED) is 0.646. The highest BCUT2D eigenvalue weighted by Crippen LogP contribution is 2.38. The number of carboxylic acids is 1. The Bertz CT molecular complexity index is 928. The molecule has 0 saturated heterocycles. The third-order valence-corrected chi connectivity index (χ3v) is 4.19. The molecule has 3 aromatic rings. The van der Waals surface area contributed by atoms with Crippen molar-refractivity contribution in [2.24, 2.45) is 0 Å². The number of aliphatic carboxylic acids is 1. The van der Waals surface area contributed by atoms with Crippen molar-refractivity contribution < 1.29 is 27.9 Å². The summed E-state index contributed by atoms with van der Waals surface area (Å²) in [6.45, 7) is -0.573. The Morgan fingerprint density at radius 1 is 1.23 bits per heavy atom. The minimum absolute atomic E-state index is 0.0959. The predicted molar refractivity (Wildman–Crippen MR) is 89.7 cm³/mol. The summed E-state index contributed by atoms with van der Waals surface area (Å²) in [5.74, 6) is -2.26. The van der Waals surface area contributed by atoms with Crippen molar-refractivity contribution >= 4 is 21.9 Å². The molecule has 0 unspecified atom stereocenters. The highest BCUT2D eigenvalue weighted by molar-refractivity contribution is 9.10. The van der Waals surface area contributed by atoms with Gasteiger partial charge in [0.1, 0.15) is 17.4 Å². The van der Waals surface area contributed by atoms with Gasteiger partial charge in [0.15, 0.2) is 12.9 Å². The summed E-state index contributed by atoms with van der Waals surface area (Å²) < 4.78 is 38.0. The number of hydrogen-bond acceptors (Lipinski definition) is 5. The normalized spacial score (nSPS) is 10.7. The van der Waals surface area contributed by atoms with Gasteiger partial charge in [0.05, 0.1) is 5.56 Å². The Kier molecular flexibility index (Phi) is 5.27. The Morgan fingerprint density at radius 2 is 1.96 bits per heavy atom. The van der Waals surface area contributed by atoms with Crippen molar-refractivity contribution in [3.8, 4) is 17.2 Å². The van der Waals surface area contributed by atoms with Gasteiger partial charge in [-0.05, 0) is 41.8 Å². The fourth-order valence-electron chi connectivity index (χ4n) is 2.47. The Morgan fingerprint density at radius 3 is 2.58 bits per heavy atom. The van der Waals surface area contributed by atoms with Crippen LogP contribution in [0.15, 0.2) is 45.7 Å². The fraction of sp³-hybridized carbons (Fsp3) is 0.118. The molecule has 1 heterocycles. The van der Waals surface area contributed by atoms with Crippen LogP contribution < -0.4 is 4.74 Å². The predicted octanol–water partition coefficient (Wildman–Crippen LogP) is 3.83. The minimum atomic E-state index is -1.15. The van der Waals surface area contributed by atoms with Gasteiger partial charge in [-0.1, -0.05) is 21.1 Å². The van der Waals surface area contributed by atoms with Crippen molar-refractivity contribution in [2.45, 2.75) is 6.42 Å². The summed E-state index contributed by atoms with van der Waals surface area (Å²) in [6.07, 6.45) is 1.31. The maximum absolute atomic E-state index is 13.5. The summed E-state index contributed by atoms with van der Waals surface area (Å²) >= 11 is 3.39. The summed E-state index contributed by atoms with van der Waals surface area (Å²) in [7, 11) is 0. The van der Waals surface area contributed by atoms with Crippen molar-refractivity contribution in [1.82, 2.24) is 10.1 Å². The summed E-state index contributed by atoms with van der Waals surface area (Å²) in [6, 6.07) is 6.38. The molecule has 0 radical (unpaired) electrons. The van der Waals surface area contributed by atoms with E-state index in [1.54, 1.807) is 12.1 Å². The third kappa shape index (κ3) is 4.05. The van der Waals surface area contributed by atoms with Gasteiger partial charge in [-0.15, -0.1) is 0 Å². The molecule has 9 heteroatoms. The first-order valence-electron chi connectivity index (χ1n) is 7.32. The smallest absolute Gasteiger partial charge is 0.341 e. The summed E-state index contributed by atoms with van der Waals surface area (Å²) in [5.41, 5.74) is 1.28. The van der Waals surface area contributed by atoms with Gasteiger partial charge in [0, 0.05) is 10.5 Å². The first-order chi connectivity index (χ1) is 12.4. The molecular formula is C17H11BrF2N2O4. The molecule has 0 aliphatic heterocycles. The van der Waals surface area contributed by atoms with Crippen molar-refractivity contribution in [2.75, 3.05) is 6.61 Å². The molecular weight excluding hydrogens is 414 g/mol. The molecule has 2 aromatic carbocycles. The molecule has 3 rings (SSSR count). The molecule has 1 N–H and O–H groups in total. The molecule has 134 valence electrons. The SMILES string of the molecule is O=C(O)COc1ccc(Br)c(Cc2cc(F)cc(F)c2)c1-c1ncno1. The van der Waals surface area contributed by atoms with Gasteiger partial charge < -0.3 is 14.4 Å². The number of carbonyl (C=O) groups is 1. The molecule has 0 spiro atoms. The number of nitrogens with zero attached hydrogens (tertiary/aromatic N) is 2. The summed E-state index contributed by atoms with van der Waals surface area (Å²) in [4.78, 5) is 14.8. The van der Waals surface area contributed by atoms with E-state index in [9.17, 15) is 13.6 Å². The molecule has 0 atom stereocenters. The van der Waals surface area contributed by atoms with Crippen LogP contribution in [0.4, 0.5) is 8.78 Å². The van der Waals surface area contributed by atoms with Crippen molar-refractivity contribution in [1.29, 1.82) is 0 Å². The zero-order valence-corrected chi connectivity index (χ0v) is 14.7.